The molecule has 0 aromatic heterocycles. The molecule has 0 aliphatic carbocycles. The number of ketones is 1. The van der Waals surface area contributed by atoms with Crippen LogP contribution in [0.4, 0.5) is 0 Å². The molecule has 6 nitrogen and oxygen atoms in total. The van der Waals surface area contributed by atoms with Gasteiger partial charge in [-0.3, -0.25) is 9.32 Å². The van der Waals surface area contributed by atoms with Crippen molar-refractivity contribution in [1.82, 2.24) is 0 Å². The van der Waals surface area contributed by atoms with Crippen LogP contribution in [0.1, 0.15) is 84.0 Å². The highest BCUT2D eigenvalue weighted by Gasteiger charge is 2.18. The van der Waals surface area contributed by atoms with Crippen molar-refractivity contribution in [3.05, 3.63) is 12.2 Å². The van der Waals surface area contributed by atoms with E-state index in [-0.39, 0.29) is 5.78 Å². The van der Waals surface area contributed by atoms with E-state index in [4.69, 9.17) is 15.5 Å². The van der Waals surface area contributed by atoms with Crippen LogP contribution in [0.3, 0.4) is 0 Å². The van der Waals surface area contributed by atoms with Gasteiger partial charge in [-0.15, -0.1) is 0 Å². The number of hydrogen-bond acceptors (Lipinski definition) is 4. The summed E-state index contributed by atoms with van der Waals surface area (Å²) in [5.41, 5.74) is 5.50. The Morgan fingerprint density at radius 2 is 1.48 bits per heavy atom. The fraction of sp³-hybridized carbons (Fsp3) is 0.833. The average Bonchev–Trinajstić information content (AvgIpc) is 2.56. The first-order chi connectivity index (χ1) is 11.9. The molecule has 0 aliphatic heterocycles. The molecule has 0 aromatic carbocycles. The van der Waals surface area contributed by atoms with Gasteiger partial charge in [0.1, 0.15) is 0 Å². The topological polar surface area (TPSA) is 110 Å². The molecule has 0 aromatic rings. The standard InChI is InChI=1S/C18H36NO5P/c1-2-3-4-5-6-7-8-9-10-11-12-13-14-15-18(20)17(19)16-24-25(21,22)23/h14-15,17H,2-13,16,19H2,1H3,(H2,21,22,23)/b15-14+/t17-/m1/s1. The van der Waals surface area contributed by atoms with E-state index in [0.717, 1.165) is 19.3 Å². The summed E-state index contributed by atoms with van der Waals surface area (Å²) in [6, 6.07) is -1.04. The molecule has 0 heterocycles. The SMILES string of the molecule is CCCCCCCCCCCCC/C=C/C(=O)[C@H](N)COP(=O)(O)O. The van der Waals surface area contributed by atoms with Crippen LogP contribution in [0, 0.1) is 0 Å². The lowest BCUT2D eigenvalue weighted by molar-refractivity contribution is -0.116. The lowest BCUT2D eigenvalue weighted by atomic mass is 10.1. The lowest BCUT2D eigenvalue weighted by Gasteiger charge is -2.09. The third-order valence-corrected chi connectivity index (χ3v) is 4.53. The van der Waals surface area contributed by atoms with Gasteiger partial charge < -0.3 is 15.5 Å². The Morgan fingerprint density at radius 1 is 1.00 bits per heavy atom. The van der Waals surface area contributed by atoms with Gasteiger partial charge in [-0.25, -0.2) is 4.57 Å². The molecule has 1 atom stereocenters. The summed E-state index contributed by atoms with van der Waals surface area (Å²) >= 11 is 0. The average molecular weight is 377 g/mol. The van der Waals surface area contributed by atoms with Crippen molar-refractivity contribution in [3.8, 4) is 0 Å². The van der Waals surface area contributed by atoms with Gasteiger partial charge in [0.25, 0.3) is 0 Å². The first-order valence-electron chi connectivity index (χ1n) is 9.53. The van der Waals surface area contributed by atoms with Crippen molar-refractivity contribution < 1.29 is 23.7 Å². The van der Waals surface area contributed by atoms with Crippen LogP contribution in [0.15, 0.2) is 12.2 Å². The highest BCUT2D eigenvalue weighted by atomic mass is 31.2. The Morgan fingerprint density at radius 3 is 1.96 bits per heavy atom. The molecule has 0 saturated carbocycles. The van der Waals surface area contributed by atoms with Crippen LogP contribution < -0.4 is 5.73 Å². The second-order valence-electron chi connectivity index (χ2n) is 6.52. The number of unbranched alkanes of at least 4 members (excludes halogenated alkanes) is 11. The molecular formula is C18H36NO5P. The van der Waals surface area contributed by atoms with E-state index in [0.29, 0.717) is 0 Å². The summed E-state index contributed by atoms with van der Waals surface area (Å²) in [4.78, 5) is 28.7. The van der Waals surface area contributed by atoms with Crippen molar-refractivity contribution >= 4 is 13.6 Å². The molecule has 25 heavy (non-hydrogen) atoms. The van der Waals surface area contributed by atoms with E-state index < -0.39 is 20.5 Å². The van der Waals surface area contributed by atoms with Gasteiger partial charge in [-0.2, -0.15) is 0 Å². The van der Waals surface area contributed by atoms with Crippen LogP contribution in [0.5, 0.6) is 0 Å². The number of phosphoric acid groups is 1. The monoisotopic (exact) mass is 377 g/mol. The maximum atomic E-state index is 11.6. The molecule has 0 spiro atoms. The van der Waals surface area contributed by atoms with Crippen molar-refractivity contribution in [2.45, 2.75) is 90.0 Å². The van der Waals surface area contributed by atoms with Gasteiger partial charge >= 0.3 is 7.82 Å². The number of rotatable bonds is 17. The fourth-order valence-corrected chi connectivity index (χ4v) is 2.86. The minimum atomic E-state index is -4.58. The lowest BCUT2D eigenvalue weighted by Crippen LogP contribution is -2.33. The predicted octanol–water partition coefficient (Wildman–Crippen LogP) is 4.25. The molecule has 0 radical (unpaired) electrons. The number of phosphoric ester groups is 1. The molecule has 148 valence electrons. The van der Waals surface area contributed by atoms with Crippen LogP contribution in [-0.2, 0) is 13.9 Å². The van der Waals surface area contributed by atoms with E-state index in [1.54, 1.807) is 6.08 Å². The first-order valence-corrected chi connectivity index (χ1v) is 11.1. The normalized spacial score (nSPS) is 13.4. The number of carbonyl (C=O) groups excluding carboxylic acids is 1. The highest BCUT2D eigenvalue weighted by Crippen LogP contribution is 2.35. The minimum absolute atomic E-state index is 0.378. The maximum Gasteiger partial charge on any atom is 0.469 e. The van der Waals surface area contributed by atoms with Crippen molar-refractivity contribution in [3.63, 3.8) is 0 Å². The summed E-state index contributed by atoms with van der Waals surface area (Å²) in [6.07, 6.45) is 18.1. The molecule has 0 aliphatic rings. The molecule has 0 saturated heterocycles. The summed E-state index contributed by atoms with van der Waals surface area (Å²) in [5.74, 6) is -0.378. The quantitative estimate of drug-likeness (QED) is 0.199. The van der Waals surface area contributed by atoms with Crippen molar-refractivity contribution in [1.29, 1.82) is 0 Å². The van der Waals surface area contributed by atoms with E-state index in [1.807, 2.05) is 0 Å². The van der Waals surface area contributed by atoms with E-state index in [9.17, 15) is 9.36 Å². The number of allylic oxidation sites excluding steroid dienone is 1. The molecule has 0 fully saturated rings. The maximum absolute atomic E-state index is 11.6. The number of nitrogens with two attached hydrogens (primary N) is 1. The van der Waals surface area contributed by atoms with Crippen LogP contribution in [0.25, 0.3) is 0 Å². The summed E-state index contributed by atoms with van der Waals surface area (Å²) in [5, 5.41) is 0. The van der Waals surface area contributed by atoms with Crippen LogP contribution in [-0.4, -0.2) is 28.2 Å². The van der Waals surface area contributed by atoms with Gasteiger partial charge in [0.2, 0.25) is 0 Å². The Hall–Kier alpha value is -0.520. The van der Waals surface area contributed by atoms with Crippen LogP contribution in [0.2, 0.25) is 0 Å². The third kappa shape index (κ3) is 18.1. The van der Waals surface area contributed by atoms with E-state index >= 15 is 0 Å². The second kappa shape index (κ2) is 15.7. The largest absolute Gasteiger partial charge is 0.469 e. The fourth-order valence-electron chi connectivity index (χ4n) is 2.51. The molecule has 0 unspecified atom stereocenters. The molecule has 0 bridgehead atoms. The Balaban J connectivity index is 3.47. The molecule has 7 heteroatoms. The van der Waals surface area contributed by atoms with Gasteiger partial charge in [-0.1, -0.05) is 77.2 Å². The molecular weight excluding hydrogens is 341 g/mol. The second-order valence-corrected chi connectivity index (χ2v) is 7.76. The molecule has 4 N–H and O–H groups in total. The van der Waals surface area contributed by atoms with E-state index in [1.165, 1.54) is 63.9 Å². The first kappa shape index (κ1) is 24.5. The third-order valence-electron chi connectivity index (χ3n) is 4.04. The summed E-state index contributed by atoms with van der Waals surface area (Å²) in [7, 11) is -4.58. The van der Waals surface area contributed by atoms with E-state index in [2.05, 4.69) is 11.4 Å². The van der Waals surface area contributed by atoms with Gasteiger partial charge in [0, 0.05) is 0 Å². The highest BCUT2D eigenvalue weighted by molar-refractivity contribution is 7.46. The zero-order valence-corrected chi connectivity index (χ0v) is 16.5. The van der Waals surface area contributed by atoms with Crippen molar-refractivity contribution in [2.24, 2.45) is 5.73 Å². The van der Waals surface area contributed by atoms with Gasteiger partial charge in [-0.05, 0) is 18.9 Å². The minimum Gasteiger partial charge on any atom is -0.319 e. The molecule has 0 rings (SSSR count). The van der Waals surface area contributed by atoms with Gasteiger partial charge in [0.05, 0.1) is 12.6 Å². The Labute approximate surface area is 152 Å². The zero-order valence-electron chi connectivity index (χ0n) is 15.6. The summed E-state index contributed by atoms with van der Waals surface area (Å²) < 4.78 is 14.7. The smallest absolute Gasteiger partial charge is 0.319 e. The predicted molar refractivity (Wildman–Crippen MR) is 101 cm³/mol. The number of hydrogen-bond donors (Lipinski definition) is 3. The number of carbonyl (C=O) groups is 1. The molecule has 0 amide bonds. The Bertz CT molecular complexity index is 408. The van der Waals surface area contributed by atoms with Crippen molar-refractivity contribution in [2.75, 3.05) is 6.61 Å². The Kier molecular flexibility index (Phi) is 15.4. The summed E-state index contributed by atoms with van der Waals surface area (Å²) in [6.45, 7) is 1.76. The van der Waals surface area contributed by atoms with Gasteiger partial charge in [0.15, 0.2) is 5.78 Å². The zero-order chi connectivity index (χ0) is 19.0. The van der Waals surface area contributed by atoms with Crippen LogP contribution >= 0.6 is 7.82 Å².